The van der Waals surface area contributed by atoms with Crippen LogP contribution >= 0.6 is 0 Å². The Morgan fingerprint density at radius 3 is 2.59 bits per heavy atom. The highest BCUT2D eigenvalue weighted by molar-refractivity contribution is 5.82. The van der Waals surface area contributed by atoms with Crippen molar-refractivity contribution >= 4 is 17.8 Å². The van der Waals surface area contributed by atoms with Crippen LogP contribution in [0.3, 0.4) is 0 Å². The second-order valence-electron chi connectivity index (χ2n) is 10.5. The highest BCUT2D eigenvalue weighted by Gasteiger charge is 2.30. The molecule has 0 saturated carbocycles. The lowest BCUT2D eigenvalue weighted by Crippen LogP contribution is -2.51. The molecule has 0 fully saturated rings. The minimum absolute atomic E-state index is 0.177. The fraction of sp³-hybridized carbons (Fsp3) is 0.429. The van der Waals surface area contributed by atoms with Gasteiger partial charge < -0.3 is 19.8 Å². The minimum Gasteiger partial charge on any atom is -0.465 e. The number of rotatable bonds is 7. The predicted octanol–water partition coefficient (Wildman–Crippen LogP) is 4.20. The first kappa shape index (κ1) is 27.6. The van der Waals surface area contributed by atoms with Gasteiger partial charge in [0.2, 0.25) is 11.7 Å². The van der Waals surface area contributed by atoms with E-state index in [0.29, 0.717) is 55.2 Å². The molecular formula is C28H33N7O4. The quantitative estimate of drug-likeness (QED) is 0.457. The summed E-state index contributed by atoms with van der Waals surface area (Å²) in [6.07, 6.45) is 2.70. The van der Waals surface area contributed by atoms with Gasteiger partial charge in [0.05, 0.1) is 11.1 Å². The van der Waals surface area contributed by atoms with Gasteiger partial charge in [0.15, 0.2) is 0 Å². The molecule has 1 aromatic carbocycles. The number of hydrogen-bond acceptors (Lipinski definition) is 8. The lowest BCUT2D eigenvalue weighted by molar-refractivity contribution is -0.133. The topological polar surface area (TPSA) is 148 Å². The molecule has 39 heavy (non-hydrogen) atoms. The molecule has 4 rings (SSSR count). The van der Waals surface area contributed by atoms with Gasteiger partial charge in [-0.15, -0.1) is 0 Å². The molecule has 204 valence electrons. The number of carbonyl (C=O) groups is 2. The van der Waals surface area contributed by atoms with Crippen LogP contribution in [0.15, 0.2) is 35.0 Å². The molecule has 0 unspecified atom stereocenters. The van der Waals surface area contributed by atoms with Gasteiger partial charge in [-0.25, -0.2) is 9.78 Å². The Kier molecular flexibility index (Phi) is 8.14. The largest absolute Gasteiger partial charge is 0.465 e. The summed E-state index contributed by atoms with van der Waals surface area (Å²) in [5.41, 5.74) is 3.28. The Labute approximate surface area is 227 Å². The molecular weight excluding hydrogens is 498 g/mol. The maximum Gasteiger partial charge on any atom is 0.408 e. The molecule has 11 nitrogen and oxygen atoms in total. The Bertz CT molecular complexity index is 1400. The van der Waals surface area contributed by atoms with Gasteiger partial charge in [0, 0.05) is 36.9 Å². The summed E-state index contributed by atoms with van der Waals surface area (Å²) in [5.74, 6) is 1.00. The van der Waals surface area contributed by atoms with E-state index in [1.807, 2.05) is 25.1 Å². The number of nitrogens with one attached hydrogen (secondary N) is 1. The number of carboxylic acid groups (broad SMARTS) is 1. The lowest BCUT2D eigenvalue weighted by atomic mass is 10.00. The van der Waals surface area contributed by atoms with Gasteiger partial charge in [-0.05, 0) is 63.3 Å². The molecule has 0 radical (unpaired) electrons. The first-order valence-corrected chi connectivity index (χ1v) is 13.0. The zero-order valence-corrected chi connectivity index (χ0v) is 22.7. The molecule has 0 bridgehead atoms. The van der Waals surface area contributed by atoms with Crippen molar-refractivity contribution in [2.45, 2.75) is 52.5 Å². The van der Waals surface area contributed by atoms with Crippen molar-refractivity contribution < 1.29 is 19.2 Å². The average Bonchev–Trinajstić information content (AvgIpc) is 3.30. The molecule has 1 aliphatic heterocycles. The monoisotopic (exact) mass is 531 g/mol. The van der Waals surface area contributed by atoms with Crippen LogP contribution in [0.25, 0.3) is 22.8 Å². The fourth-order valence-electron chi connectivity index (χ4n) is 4.45. The molecule has 3 aromatic rings. The van der Waals surface area contributed by atoms with Crippen molar-refractivity contribution in [1.29, 1.82) is 5.26 Å². The number of anilines is 1. The molecule has 2 aromatic heterocycles. The van der Waals surface area contributed by atoms with E-state index in [1.54, 1.807) is 37.9 Å². The van der Waals surface area contributed by atoms with Crippen molar-refractivity contribution in [1.82, 2.24) is 24.9 Å². The first-order valence-electron chi connectivity index (χ1n) is 13.0. The summed E-state index contributed by atoms with van der Waals surface area (Å²) in [4.78, 5) is 36.4. The Balaban J connectivity index is 1.48. The molecule has 0 saturated heterocycles. The molecule has 0 aliphatic carbocycles. The van der Waals surface area contributed by atoms with E-state index in [2.05, 4.69) is 26.5 Å². The number of benzene rings is 1. The molecule has 3 heterocycles. The van der Waals surface area contributed by atoms with E-state index in [1.165, 1.54) is 4.90 Å². The van der Waals surface area contributed by atoms with Gasteiger partial charge in [-0.2, -0.15) is 10.2 Å². The highest BCUT2D eigenvalue weighted by Crippen LogP contribution is 2.27. The van der Waals surface area contributed by atoms with Crippen LogP contribution in [0, 0.1) is 11.3 Å². The van der Waals surface area contributed by atoms with E-state index in [-0.39, 0.29) is 18.3 Å². The SMILES string of the molecule is CCCNc1ncc(-c2nc(-c3ccc4c(c3)CCN(C(=O)CN(C(=O)O)C(C)(C)C)CC4)no2)cc1C#N. The standard InChI is InChI=1S/C28H33N7O4/c1-5-10-30-24-21(15-29)14-22(16-31-24)26-32-25(33-39-26)20-7-6-18-8-11-34(12-9-19(18)13-20)23(36)17-35(27(37)38)28(2,3)4/h6-7,13-14,16H,5,8-12,17H2,1-4H3,(H,30,31)(H,37,38). The lowest BCUT2D eigenvalue weighted by Gasteiger charge is -2.34. The van der Waals surface area contributed by atoms with E-state index >= 15 is 0 Å². The molecule has 0 spiro atoms. The third-order valence-electron chi connectivity index (χ3n) is 6.68. The van der Waals surface area contributed by atoms with Crippen LogP contribution in [0.1, 0.15) is 50.8 Å². The van der Waals surface area contributed by atoms with Crippen molar-refractivity contribution in [2.24, 2.45) is 0 Å². The maximum absolute atomic E-state index is 13.0. The number of fused-ring (bicyclic) bond motifs is 1. The molecule has 2 amide bonds. The fourth-order valence-corrected chi connectivity index (χ4v) is 4.45. The van der Waals surface area contributed by atoms with Crippen LogP contribution in [0.2, 0.25) is 0 Å². The van der Waals surface area contributed by atoms with Crippen LogP contribution < -0.4 is 5.32 Å². The number of nitriles is 1. The number of hydrogen-bond donors (Lipinski definition) is 2. The number of aromatic nitrogens is 3. The summed E-state index contributed by atoms with van der Waals surface area (Å²) >= 11 is 0. The van der Waals surface area contributed by atoms with Crippen LogP contribution in [-0.4, -0.2) is 73.7 Å². The van der Waals surface area contributed by atoms with Crippen LogP contribution in [0.5, 0.6) is 0 Å². The van der Waals surface area contributed by atoms with E-state index < -0.39 is 11.6 Å². The summed E-state index contributed by atoms with van der Waals surface area (Å²) < 4.78 is 5.49. The number of amides is 2. The third kappa shape index (κ3) is 6.34. The maximum atomic E-state index is 13.0. The Morgan fingerprint density at radius 1 is 1.18 bits per heavy atom. The third-order valence-corrected chi connectivity index (χ3v) is 6.68. The van der Waals surface area contributed by atoms with Crippen LogP contribution in [0.4, 0.5) is 10.6 Å². The Hall–Kier alpha value is -4.46. The summed E-state index contributed by atoms with van der Waals surface area (Å²) in [6, 6.07) is 9.77. The first-order chi connectivity index (χ1) is 18.6. The second-order valence-corrected chi connectivity index (χ2v) is 10.5. The van der Waals surface area contributed by atoms with Crippen molar-refractivity contribution in [3.8, 4) is 28.9 Å². The van der Waals surface area contributed by atoms with E-state index in [9.17, 15) is 20.0 Å². The van der Waals surface area contributed by atoms with Crippen molar-refractivity contribution in [3.05, 3.63) is 47.2 Å². The van der Waals surface area contributed by atoms with Crippen molar-refractivity contribution in [2.75, 3.05) is 31.5 Å². The summed E-state index contributed by atoms with van der Waals surface area (Å²) in [5, 5.41) is 26.3. The van der Waals surface area contributed by atoms with Crippen LogP contribution in [-0.2, 0) is 17.6 Å². The Morgan fingerprint density at radius 2 is 1.92 bits per heavy atom. The molecule has 2 N–H and O–H groups in total. The summed E-state index contributed by atoms with van der Waals surface area (Å²) in [6.45, 7) is 8.91. The van der Waals surface area contributed by atoms with Gasteiger partial charge in [0.25, 0.3) is 5.89 Å². The van der Waals surface area contributed by atoms with E-state index in [0.717, 1.165) is 23.1 Å². The van der Waals surface area contributed by atoms with Gasteiger partial charge in [-0.3, -0.25) is 9.69 Å². The zero-order valence-electron chi connectivity index (χ0n) is 22.7. The normalized spacial score (nSPS) is 13.3. The second kappa shape index (κ2) is 11.5. The average molecular weight is 532 g/mol. The highest BCUT2D eigenvalue weighted by atomic mass is 16.5. The number of pyridine rings is 1. The van der Waals surface area contributed by atoms with Gasteiger partial charge in [0.1, 0.15) is 18.4 Å². The molecule has 0 atom stereocenters. The van der Waals surface area contributed by atoms with Crippen molar-refractivity contribution in [3.63, 3.8) is 0 Å². The summed E-state index contributed by atoms with van der Waals surface area (Å²) in [7, 11) is 0. The molecule has 11 heteroatoms. The van der Waals surface area contributed by atoms with Gasteiger partial charge >= 0.3 is 6.09 Å². The molecule has 1 aliphatic rings. The van der Waals surface area contributed by atoms with Gasteiger partial charge in [-0.1, -0.05) is 24.2 Å². The van der Waals surface area contributed by atoms with E-state index in [4.69, 9.17) is 4.52 Å². The smallest absolute Gasteiger partial charge is 0.408 e. The minimum atomic E-state index is -1.11. The number of nitrogens with zero attached hydrogens (tertiary/aromatic N) is 6. The predicted molar refractivity (Wildman–Crippen MR) is 145 cm³/mol. The number of carbonyl (C=O) groups excluding carboxylic acids is 1. The zero-order chi connectivity index (χ0) is 28.2.